The van der Waals surface area contributed by atoms with Gasteiger partial charge in [0, 0.05) is 34.9 Å². The predicted octanol–water partition coefficient (Wildman–Crippen LogP) is 3.44. The predicted molar refractivity (Wildman–Crippen MR) is 92.5 cm³/mol. The van der Waals surface area contributed by atoms with Crippen molar-refractivity contribution in [1.29, 1.82) is 0 Å². The van der Waals surface area contributed by atoms with Crippen LogP contribution < -0.4 is 10.9 Å². The highest BCUT2D eigenvalue weighted by Gasteiger charge is 2.14. The third kappa shape index (κ3) is 2.95. The fourth-order valence-corrected chi connectivity index (χ4v) is 2.72. The molecule has 0 aliphatic rings. The first-order chi connectivity index (χ1) is 11.3. The Bertz CT molecular complexity index is 983. The van der Waals surface area contributed by atoms with E-state index in [1.165, 1.54) is 6.07 Å². The van der Waals surface area contributed by atoms with Gasteiger partial charge in [0.15, 0.2) is 5.69 Å². The van der Waals surface area contributed by atoms with Crippen molar-refractivity contribution in [3.05, 3.63) is 57.7 Å². The molecule has 2 heterocycles. The molecule has 6 nitrogen and oxygen atoms in total. The van der Waals surface area contributed by atoms with E-state index in [0.717, 1.165) is 16.6 Å². The van der Waals surface area contributed by atoms with E-state index in [1.54, 1.807) is 22.9 Å². The van der Waals surface area contributed by atoms with Crippen molar-refractivity contribution in [2.75, 3.05) is 5.32 Å². The van der Waals surface area contributed by atoms with Gasteiger partial charge in [-0.25, -0.2) is 4.79 Å². The Morgan fingerprint density at radius 2 is 1.96 bits per heavy atom. The van der Waals surface area contributed by atoms with Gasteiger partial charge in [-0.1, -0.05) is 0 Å². The van der Waals surface area contributed by atoms with E-state index in [2.05, 4.69) is 10.4 Å². The van der Waals surface area contributed by atoms with Crippen molar-refractivity contribution >= 4 is 22.6 Å². The highest BCUT2D eigenvalue weighted by Crippen LogP contribution is 2.21. The van der Waals surface area contributed by atoms with Crippen LogP contribution in [0.2, 0.25) is 0 Å². The number of nitrogens with zero attached hydrogens (tertiary/aromatic N) is 2. The average molecular weight is 325 g/mol. The van der Waals surface area contributed by atoms with Crippen molar-refractivity contribution in [3.8, 4) is 0 Å². The zero-order valence-corrected chi connectivity index (χ0v) is 14.1. The zero-order chi connectivity index (χ0) is 17.4. The molecule has 0 aliphatic heterocycles. The Morgan fingerprint density at radius 3 is 2.62 bits per heavy atom. The van der Waals surface area contributed by atoms with Gasteiger partial charge in [0.05, 0.1) is 0 Å². The fraction of sp³-hybridized carbons (Fsp3) is 0.278. The van der Waals surface area contributed by atoms with Crippen LogP contribution in [0.1, 0.15) is 41.6 Å². The Kier molecular flexibility index (Phi) is 3.97. The first kappa shape index (κ1) is 16.0. The van der Waals surface area contributed by atoms with Crippen molar-refractivity contribution in [2.24, 2.45) is 0 Å². The van der Waals surface area contributed by atoms with E-state index in [1.807, 2.05) is 33.8 Å². The molecule has 3 rings (SSSR count). The van der Waals surface area contributed by atoms with Crippen molar-refractivity contribution in [3.63, 3.8) is 0 Å². The van der Waals surface area contributed by atoms with Crippen LogP contribution in [0.3, 0.4) is 0 Å². The van der Waals surface area contributed by atoms with Gasteiger partial charge < -0.3 is 9.73 Å². The second-order valence-corrected chi connectivity index (χ2v) is 6.12. The maximum atomic E-state index is 12.4. The van der Waals surface area contributed by atoms with E-state index < -0.39 is 5.63 Å². The normalized spacial score (nSPS) is 11.2. The third-order valence-corrected chi connectivity index (χ3v) is 3.85. The molecule has 0 saturated heterocycles. The first-order valence-corrected chi connectivity index (χ1v) is 7.77. The van der Waals surface area contributed by atoms with Gasteiger partial charge in [0.1, 0.15) is 5.58 Å². The number of carbonyl (C=O) groups excluding carboxylic acids is 1. The van der Waals surface area contributed by atoms with Crippen molar-refractivity contribution in [2.45, 2.75) is 33.7 Å². The summed E-state index contributed by atoms with van der Waals surface area (Å²) in [5, 5.41) is 7.96. The number of aryl methyl sites for hydroxylation is 2. The number of benzene rings is 1. The van der Waals surface area contributed by atoms with E-state index in [-0.39, 0.29) is 11.9 Å². The van der Waals surface area contributed by atoms with Gasteiger partial charge in [0.2, 0.25) is 0 Å². The standard InChI is InChI=1S/C18H19N3O3/c1-10(2)21-12(4)8-15(20-21)18(23)19-13-5-6-14-11(3)7-17(22)24-16(14)9-13/h5-10H,1-4H3,(H,19,23). The molecule has 124 valence electrons. The molecule has 1 N–H and O–H groups in total. The summed E-state index contributed by atoms with van der Waals surface area (Å²) < 4.78 is 7.00. The number of carbonyl (C=O) groups is 1. The second kappa shape index (κ2) is 5.96. The molecule has 2 aromatic heterocycles. The summed E-state index contributed by atoms with van der Waals surface area (Å²) in [6.45, 7) is 7.78. The van der Waals surface area contributed by atoms with E-state index in [4.69, 9.17) is 4.42 Å². The lowest BCUT2D eigenvalue weighted by molar-refractivity contribution is 0.102. The van der Waals surface area contributed by atoms with Gasteiger partial charge >= 0.3 is 5.63 Å². The van der Waals surface area contributed by atoms with Gasteiger partial charge in [0.25, 0.3) is 5.91 Å². The van der Waals surface area contributed by atoms with Gasteiger partial charge in [-0.2, -0.15) is 5.10 Å². The number of hydrogen-bond donors (Lipinski definition) is 1. The number of rotatable bonds is 3. The molecule has 24 heavy (non-hydrogen) atoms. The monoisotopic (exact) mass is 325 g/mol. The molecular weight excluding hydrogens is 306 g/mol. The number of fused-ring (bicyclic) bond motifs is 1. The SMILES string of the molecule is Cc1cc(=O)oc2cc(NC(=O)c3cc(C)n(C(C)C)n3)ccc12. The fourth-order valence-electron chi connectivity index (χ4n) is 2.72. The maximum Gasteiger partial charge on any atom is 0.336 e. The van der Waals surface area contributed by atoms with Gasteiger partial charge in [-0.3, -0.25) is 9.48 Å². The molecule has 0 aliphatic carbocycles. The molecule has 6 heteroatoms. The van der Waals surface area contributed by atoms with E-state index in [0.29, 0.717) is 17.0 Å². The Hall–Kier alpha value is -2.89. The summed E-state index contributed by atoms with van der Waals surface area (Å²) in [5.41, 5.74) is 2.71. The molecule has 1 amide bonds. The highest BCUT2D eigenvalue weighted by atomic mass is 16.4. The maximum absolute atomic E-state index is 12.4. The summed E-state index contributed by atoms with van der Waals surface area (Å²) in [4.78, 5) is 23.9. The lowest BCUT2D eigenvalue weighted by Gasteiger charge is -2.07. The number of aromatic nitrogens is 2. The molecule has 0 radical (unpaired) electrons. The summed E-state index contributed by atoms with van der Waals surface area (Å²) >= 11 is 0. The largest absolute Gasteiger partial charge is 0.423 e. The Balaban J connectivity index is 1.90. The molecule has 0 fully saturated rings. The average Bonchev–Trinajstić information content (AvgIpc) is 2.89. The Morgan fingerprint density at radius 1 is 1.21 bits per heavy atom. The summed E-state index contributed by atoms with van der Waals surface area (Å²) in [6, 6.07) is 8.63. The minimum absolute atomic E-state index is 0.185. The minimum Gasteiger partial charge on any atom is -0.423 e. The van der Waals surface area contributed by atoms with Crippen molar-refractivity contribution < 1.29 is 9.21 Å². The summed E-state index contributed by atoms with van der Waals surface area (Å²) in [7, 11) is 0. The van der Waals surface area contributed by atoms with Crippen LogP contribution in [-0.4, -0.2) is 15.7 Å². The number of amides is 1. The van der Waals surface area contributed by atoms with Crippen LogP contribution in [0, 0.1) is 13.8 Å². The molecule has 0 atom stereocenters. The number of anilines is 1. The Labute approximate surface area is 139 Å². The topological polar surface area (TPSA) is 77.1 Å². The molecular formula is C18H19N3O3. The van der Waals surface area contributed by atoms with Crippen LogP contribution in [0.5, 0.6) is 0 Å². The van der Waals surface area contributed by atoms with Crippen LogP contribution in [0.25, 0.3) is 11.0 Å². The van der Waals surface area contributed by atoms with Crippen LogP contribution in [0.4, 0.5) is 5.69 Å². The highest BCUT2D eigenvalue weighted by molar-refractivity contribution is 6.03. The van der Waals surface area contributed by atoms with Gasteiger partial charge in [-0.15, -0.1) is 0 Å². The molecule has 0 unspecified atom stereocenters. The zero-order valence-electron chi connectivity index (χ0n) is 14.1. The van der Waals surface area contributed by atoms with Crippen LogP contribution in [0.15, 0.2) is 39.5 Å². The summed E-state index contributed by atoms with van der Waals surface area (Å²) in [6.07, 6.45) is 0. The number of nitrogens with one attached hydrogen (secondary N) is 1. The third-order valence-electron chi connectivity index (χ3n) is 3.85. The first-order valence-electron chi connectivity index (χ1n) is 7.77. The van der Waals surface area contributed by atoms with E-state index >= 15 is 0 Å². The summed E-state index contributed by atoms with van der Waals surface area (Å²) in [5.74, 6) is -0.299. The molecule has 0 saturated carbocycles. The van der Waals surface area contributed by atoms with Crippen molar-refractivity contribution in [1.82, 2.24) is 9.78 Å². The quantitative estimate of drug-likeness (QED) is 0.748. The lowest BCUT2D eigenvalue weighted by Crippen LogP contribution is -2.14. The molecule has 0 spiro atoms. The molecule has 3 aromatic rings. The van der Waals surface area contributed by atoms with E-state index in [9.17, 15) is 9.59 Å². The van der Waals surface area contributed by atoms with Crippen LogP contribution in [-0.2, 0) is 0 Å². The second-order valence-electron chi connectivity index (χ2n) is 6.12. The minimum atomic E-state index is -0.408. The van der Waals surface area contributed by atoms with Crippen LogP contribution >= 0.6 is 0 Å². The number of hydrogen-bond acceptors (Lipinski definition) is 4. The van der Waals surface area contributed by atoms with Gasteiger partial charge in [-0.05, 0) is 51.5 Å². The smallest absolute Gasteiger partial charge is 0.336 e. The molecule has 0 bridgehead atoms. The lowest BCUT2D eigenvalue weighted by atomic mass is 10.1. The molecule has 1 aromatic carbocycles.